The lowest BCUT2D eigenvalue weighted by Gasteiger charge is -2.13. The van der Waals surface area contributed by atoms with Crippen LogP contribution in [0.15, 0.2) is 41.2 Å². The summed E-state index contributed by atoms with van der Waals surface area (Å²) in [6.45, 7) is 1.61. The van der Waals surface area contributed by atoms with Crippen molar-refractivity contribution >= 4 is 21.6 Å². The monoisotopic (exact) mass is 359 g/mol. The first-order chi connectivity index (χ1) is 12.1. The van der Waals surface area contributed by atoms with Crippen LogP contribution in [0, 0.1) is 0 Å². The molecule has 0 bridgehead atoms. The minimum Gasteiger partial charge on any atom is -0.506 e. The summed E-state index contributed by atoms with van der Waals surface area (Å²) in [5.41, 5.74) is 8.96. The van der Waals surface area contributed by atoms with Gasteiger partial charge in [0.25, 0.3) is 0 Å². The molecular formula is C18H21N3O3S. The van der Waals surface area contributed by atoms with Crippen molar-refractivity contribution in [2.24, 2.45) is 5.73 Å². The molecule has 3 aromatic rings. The number of H-pyrrole nitrogens is 1. The Morgan fingerprint density at radius 3 is 2.84 bits per heavy atom. The number of aromatic nitrogens is 1. The summed E-state index contributed by atoms with van der Waals surface area (Å²) in [6.07, 6.45) is 0.0770. The quantitative estimate of drug-likeness (QED) is 0.412. The van der Waals surface area contributed by atoms with Gasteiger partial charge in [-0.3, -0.25) is 4.79 Å². The fraction of sp³-hybridized carbons (Fsp3) is 0.278. The first kappa shape index (κ1) is 17.6. The van der Waals surface area contributed by atoms with E-state index < -0.39 is 6.10 Å². The number of hydrogen-bond acceptors (Lipinski definition) is 6. The van der Waals surface area contributed by atoms with E-state index in [1.165, 1.54) is 11.6 Å². The van der Waals surface area contributed by atoms with Gasteiger partial charge in [-0.05, 0) is 30.2 Å². The number of nitrogens with two attached hydrogens (primary N) is 1. The highest BCUT2D eigenvalue weighted by atomic mass is 32.1. The Morgan fingerprint density at radius 2 is 2.04 bits per heavy atom. The Bertz CT molecular complexity index is 919. The highest BCUT2D eigenvalue weighted by Gasteiger charge is 2.15. The van der Waals surface area contributed by atoms with Crippen LogP contribution in [0.3, 0.4) is 0 Å². The van der Waals surface area contributed by atoms with Crippen LogP contribution in [-0.4, -0.2) is 28.3 Å². The zero-order chi connectivity index (χ0) is 17.8. The number of fused-ring (bicyclic) bond motifs is 1. The fourth-order valence-corrected chi connectivity index (χ4v) is 3.71. The summed E-state index contributed by atoms with van der Waals surface area (Å²) < 4.78 is 0.593. The zero-order valence-electron chi connectivity index (χ0n) is 13.7. The van der Waals surface area contributed by atoms with Crippen LogP contribution >= 0.6 is 11.3 Å². The summed E-state index contributed by atoms with van der Waals surface area (Å²) in [4.78, 5) is 13.9. The van der Waals surface area contributed by atoms with Gasteiger partial charge in [-0.25, -0.2) is 0 Å². The maximum Gasteiger partial charge on any atom is 0.305 e. The van der Waals surface area contributed by atoms with Crippen molar-refractivity contribution in [3.8, 4) is 5.75 Å². The Morgan fingerprint density at radius 1 is 1.24 bits per heavy atom. The molecule has 0 aliphatic carbocycles. The van der Waals surface area contributed by atoms with Crippen molar-refractivity contribution in [3.05, 3.63) is 62.8 Å². The average Bonchev–Trinajstić information content (AvgIpc) is 3.01. The van der Waals surface area contributed by atoms with E-state index in [1.54, 1.807) is 6.07 Å². The largest absolute Gasteiger partial charge is 0.506 e. The van der Waals surface area contributed by atoms with Crippen LogP contribution in [0.2, 0.25) is 0 Å². The fourth-order valence-electron chi connectivity index (χ4n) is 2.80. The Balaban J connectivity index is 1.60. The molecule has 6 nitrogen and oxygen atoms in total. The molecule has 0 fully saturated rings. The topological polar surface area (TPSA) is 111 Å². The number of benzene rings is 2. The minimum atomic E-state index is -0.759. The number of rotatable bonds is 7. The SMILES string of the molecule is NCc1cccc(CCNC[C@H](O)c2ccc(O)c3[nH]c(=O)sc23)c1. The van der Waals surface area contributed by atoms with Crippen LogP contribution in [0.5, 0.6) is 5.75 Å². The molecule has 0 aliphatic rings. The van der Waals surface area contributed by atoms with Crippen molar-refractivity contribution in [2.75, 3.05) is 13.1 Å². The number of aliphatic hydroxyl groups is 1. The molecule has 2 aromatic carbocycles. The molecule has 132 valence electrons. The molecular weight excluding hydrogens is 338 g/mol. The third kappa shape index (κ3) is 4.08. The molecule has 0 saturated heterocycles. The van der Waals surface area contributed by atoms with E-state index in [0.717, 1.165) is 29.9 Å². The lowest BCUT2D eigenvalue weighted by molar-refractivity contribution is 0.176. The molecule has 6 N–H and O–H groups in total. The summed E-state index contributed by atoms with van der Waals surface area (Å²) in [6, 6.07) is 11.3. The van der Waals surface area contributed by atoms with Gasteiger partial charge in [0.15, 0.2) is 0 Å². The van der Waals surface area contributed by atoms with Gasteiger partial charge < -0.3 is 26.2 Å². The van der Waals surface area contributed by atoms with Gasteiger partial charge in [-0.15, -0.1) is 0 Å². The number of thiazole rings is 1. The van der Waals surface area contributed by atoms with E-state index in [-0.39, 0.29) is 10.6 Å². The first-order valence-electron chi connectivity index (χ1n) is 8.10. The van der Waals surface area contributed by atoms with Crippen LogP contribution in [0.1, 0.15) is 22.8 Å². The van der Waals surface area contributed by atoms with Crippen LogP contribution in [0.4, 0.5) is 0 Å². The van der Waals surface area contributed by atoms with Gasteiger partial charge in [-0.2, -0.15) is 0 Å². The molecule has 1 aromatic heterocycles. The molecule has 0 aliphatic heterocycles. The van der Waals surface area contributed by atoms with Crippen molar-refractivity contribution in [3.63, 3.8) is 0 Å². The number of phenolic OH excluding ortho intramolecular Hbond substituents is 1. The number of nitrogens with one attached hydrogen (secondary N) is 2. The second-order valence-corrected chi connectivity index (χ2v) is 6.87. The van der Waals surface area contributed by atoms with Crippen molar-refractivity contribution < 1.29 is 10.2 Å². The standard InChI is InChI=1S/C18H21N3O3S/c19-9-12-3-1-2-11(8-12)6-7-20-10-15(23)13-4-5-14(22)16-17(13)25-18(24)21-16/h1-5,8,15,20,22-23H,6-7,9-10,19H2,(H,21,24)/t15-/m0/s1. The minimum absolute atomic E-state index is 0.0112. The molecule has 3 rings (SSSR count). The molecule has 0 spiro atoms. The Labute approximate surface area is 148 Å². The van der Waals surface area contributed by atoms with Gasteiger partial charge in [0, 0.05) is 18.7 Å². The van der Waals surface area contributed by atoms with Gasteiger partial charge in [-0.1, -0.05) is 41.7 Å². The van der Waals surface area contributed by atoms with Crippen molar-refractivity contribution in [1.29, 1.82) is 0 Å². The van der Waals surface area contributed by atoms with Crippen molar-refractivity contribution in [1.82, 2.24) is 10.3 Å². The summed E-state index contributed by atoms with van der Waals surface area (Å²) >= 11 is 0.991. The third-order valence-electron chi connectivity index (χ3n) is 4.10. The molecule has 1 atom stereocenters. The second kappa shape index (κ2) is 7.79. The molecule has 0 radical (unpaired) electrons. The normalized spacial score (nSPS) is 12.6. The van der Waals surface area contributed by atoms with Crippen LogP contribution in [-0.2, 0) is 13.0 Å². The second-order valence-electron chi connectivity index (χ2n) is 5.89. The van der Waals surface area contributed by atoms with E-state index in [4.69, 9.17) is 5.73 Å². The smallest absolute Gasteiger partial charge is 0.305 e. The average molecular weight is 359 g/mol. The number of phenols is 1. The molecule has 0 unspecified atom stereocenters. The lowest BCUT2D eigenvalue weighted by atomic mass is 10.1. The maximum absolute atomic E-state index is 11.5. The van der Waals surface area contributed by atoms with E-state index >= 15 is 0 Å². The predicted molar refractivity (Wildman–Crippen MR) is 100.0 cm³/mol. The van der Waals surface area contributed by atoms with E-state index in [2.05, 4.69) is 22.4 Å². The first-order valence-corrected chi connectivity index (χ1v) is 8.91. The van der Waals surface area contributed by atoms with Crippen LogP contribution in [0.25, 0.3) is 10.2 Å². The van der Waals surface area contributed by atoms with Gasteiger partial charge >= 0.3 is 4.87 Å². The number of hydrogen-bond donors (Lipinski definition) is 5. The Hall–Kier alpha value is -2.19. The molecule has 0 saturated carbocycles. The lowest BCUT2D eigenvalue weighted by Crippen LogP contribution is -2.23. The van der Waals surface area contributed by atoms with Gasteiger partial charge in [0.2, 0.25) is 0 Å². The summed E-state index contributed by atoms with van der Waals surface area (Å²) in [5.74, 6) is 0.0112. The molecule has 1 heterocycles. The summed E-state index contributed by atoms with van der Waals surface area (Å²) in [7, 11) is 0. The molecule has 0 amide bonds. The highest BCUT2D eigenvalue weighted by Crippen LogP contribution is 2.31. The number of aromatic hydroxyl groups is 1. The molecule has 7 heteroatoms. The zero-order valence-corrected chi connectivity index (χ0v) is 14.5. The van der Waals surface area contributed by atoms with E-state index in [9.17, 15) is 15.0 Å². The van der Waals surface area contributed by atoms with Crippen molar-refractivity contribution in [2.45, 2.75) is 19.1 Å². The number of aliphatic hydroxyl groups excluding tert-OH is 1. The Kier molecular flexibility index (Phi) is 5.50. The van der Waals surface area contributed by atoms with E-state index in [0.29, 0.717) is 28.9 Å². The summed E-state index contributed by atoms with van der Waals surface area (Å²) in [5, 5.41) is 23.5. The molecule has 25 heavy (non-hydrogen) atoms. The highest BCUT2D eigenvalue weighted by molar-refractivity contribution is 7.16. The predicted octanol–water partition coefficient (Wildman–Crippen LogP) is 1.62. The third-order valence-corrected chi connectivity index (χ3v) is 5.03. The number of aromatic amines is 1. The maximum atomic E-state index is 11.5. The van der Waals surface area contributed by atoms with Crippen LogP contribution < -0.4 is 15.9 Å². The van der Waals surface area contributed by atoms with E-state index in [1.807, 2.05) is 12.1 Å². The van der Waals surface area contributed by atoms with Gasteiger partial charge in [0.1, 0.15) is 11.3 Å². The van der Waals surface area contributed by atoms with Gasteiger partial charge in [0.05, 0.1) is 10.8 Å².